The van der Waals surface area contributed by atoms with Gasteiger partial charge in [0.2, 0.25) is 0 Å². The molecule has 2 nitrogen and oxygen atoms in total. The predicted octanol–water partition coefficient (Wildman–Crippen LogP) is 3.22. The Morgan fingerprint density at radius 2 is 2.07 bits per heavy atom. The maximum absolute atomic E-state index is 6.14. The van der Waals surface area contributed by atoms with Crippen molar-refractivity contribution in [2.24, 2.45) is 11.1 Å². The fourth-order valence-corrected chi connectivity index (χ4v) is 1.61. The summed E-state index contributed by atoms with van der Waals surface area (Å²) in [6, 6.07) is 4.10. The van der Waals surface area contributed by atoms with Crippen LogP contribution in [-0.4, -0.2) is 4.98 Å². The number of hydrogen-bond donors (Lipinski definition) is 1. The Morgan fingerprint density at radius 3 is 2.60 bits per heavy atom. The Bertz CT molecular complexity index is 313. The molecule has 0 radical (unpaired) electrons. The molecular formula is C13H22N2. The van der Waals surface area contributed by atoms with E-state index in [0.717, 1.165) is 18.5 Å². The van der Waals surface area contributed by atoms with Gasteiger partial charge in [0.05, 0.1) is 5.69 Å². The van der Waals surface area contributed by atoms with E-state index in [-0.39, 0.29) is 6.04 Å². The maximum atomic E-state index is 6.14. The fourth-order valence-electron chi connectivity index (χ4n) is 1.61. The summed E-state index contributed by atoms with van der Waals surface area (Å²) in [7, 11) is 0. The van der Waals surface area contributed by atoms with E-state index in [1.165, 1.54) is 5.56 Å². The van der Waals surface area contributed by atoms with Crippen molar-refractivity contribution in [3.63, 3.8) is 0 Å². The van der Waals surface area contributed by atoms with Gasteiger partial charge in [-0.15, -0.1) is 0 Å². The molecule has 0 aliphatic rings. The van der Waals surface area contributed by atoms with Gasteiger partial charge in [-0.25, -0.2) is 0 Å². The number of pyridine rings is 1. The third kappa shape index (κ3) is 4.00. The first-order chi connectivity index (χ1) is 6.90. The molecule has 1 heterocycles. The lowest BCUT2D eigenvalue weighted by Gasteiger charge is -2.21. The summed E-state index contributed by atoms with van der Waals surface area (Å²) in [6.45, 7) is 8.79. The van der Waals surface area contributed by atoms with Crippen molar-refractivity contribution >= 4 is 0 Å². The Labute approximate surface area is 92.9 Å². The summed E-state index contributed by atoms with van der Waals surface area (Å²) in [4.78, 5) is 4.35. The van der Waals surface area contributed by atoms with E-state index in [2.05, 4.69) is 38.7 Å². The molecule has 1 aromatic heterocycles. The van der Waals surface area contributed by atoms with Crippen LogP contribution >= 0.6 is 0 Å². The normalized spacial score (nSPS) is 13.9. The van der Waals surface area contributed by atoms with Gasteiger partial charge in [0.25, 0.3) is 0 Å². The first kappa shape index (κ1) is 12.2. The van der Waals surface area contributed by atoms with Crippen LogP contribution in [0, 0.1) is 12.3 Å². The minimum Gasteiger partial charge on any atom is -0.323 e. The van der Waals surface area contributed by atoms with Crippen LogP contribution in [0.15, 0.2) is 18.3 Å². The summed E-state index contributed by atoms with van der Waals surface area (Å²) in [5.74, 6) is 0. The van der Waals surface area contributed by atoms with Crippen LogP contribution in [0.4, 0.5) is 0 Å². The molecular weight excluding hydrogens is 184 g/mol. The van der Waals surface area contributed by atoms with Gasteiger partial charge < -0.3 is 5.73 Å². The lowest BCUT2D eigenvalue weighted by molar-refractivity contribution is 0.348. The number of nitrogens with zero attached hydrogens (tertiary/aromatic N) is 1. The third-order valence-corrected chi connectivity index (χ3v) is 2.61. The van der Waals surface area contributed by atoms with E-state index in [4.69, 9.17) is 5.73 Å². The Balaban J connectivity index is 2.62. The van der Waals surface area contributed by atoms with Crippen LogP contribution in [0.1, 0.15) is 50.9 Å². The number of aryl methyl sites for hydroxylation is 1. The van der Waals surface area contributed by atoms with Crippen LogP contribution in [0.2, 0.25) is 0 Å². The first-order valence-electron chi connectivity index (χ1n) is 5.57. The quantitative estimate of drug-likeness (QED) is 0.824. The molecule has 0 aliphatic heterocycles. The van der Waals surface area contributed by atoms with E-state index >= 15 is 0 Å². The van der Waals surface area contributed by atoms with Crippen LogP contribution in [0.5, 0.6) is 0 Å². The molecule has 0 amide bonds. The number of hydrogen-bond acceptors (Lipinski definition) is 2. The average Bonchev–Trinajstić information content (AvgIpc) is 2.14. The monoisotopic (exact) mass is 206 g/mol. The van der Waals surface area contributed by atoms with Gasteiger partial charge in [-0.2, -0.15) is 0 Å². The van der Waals surface area contributed by atoms with E-state index in [0.29, 0.717) is 5.41 Å². The zero-order valence-corrected chi connectivity index (χ0v) is 10.2. The highest BCUT2D eigenvalue weighted by Gasteiger charge is 2.15. The van der Waals surface area contributed by atoms with Crippen molar-refractivity contribution in [2.45, 2.75) is 46.6 Å². The molecule has 2 heteroatoms. The molecule has 0 bridgehead atoms. The summed E-state index contributed by atoms with van der Waals surface area (Å²) < 4.78 is 0. The van der Waals surface area contributed by atoms with E-state index in [1.807, 2.05) is 12.3 Å². The summed E-state index contributed by atoms with van der Waals surface area (Å²) in [5.41, 5.74) is 8.72. The largest absolute Gasteiger partial charge is 0.323 e. The van der Waals surface area contributed by atoms with Crippen LogP contribution in [-0.2, 0) is 0 Å². The Kier molecular flexibility index (Phi) is 3.86. The standard InChI is InChI=1S/C13H22N2/c1-10-6-5-9-15-12(10)11(14)7-8-13(2,3)4/h5-6,9,11H,7-8,14H2,1-4H3. The van der Waals surface area contributed by atoms with Gasteiger partial charge in [-0.1, -0.05) is 26.8 Å². The van der Waals surface area contributed by atoms with Gasteiger partial charge in [-0.3, -0.25) is 4.98 Å². The smallest absolute Gasteiger partial charge is 0.0600 e. The molecule has 0 fully saturated rings. The predicted molar refractivity (Wildman–Crippen MR) is 64.6 cm³/mol. The molecule has 1 aromatic rings. The topological polar surface area (TPSA) is 38.9 Å². The highest BCUT2D eigenvalue weighted by atomic mass is 14.8. The van der Waals surface area contributed by atoms with Gasteiger partial charge in [0.1, 0.15) is 0 Å². The highest BCUT2D eigenvalue weighted by Crippen LogP contribution is 2.26. The third-order valence-electron chi connectivity index (χ3n) is 2.61. The van der Waals surface area contributed by atoms with Crippen LogP contribution in [0.25, 0.3) is 0 Å². The van der Waals surface area contributed by atoms with Crippen molar-refractivity contribution in [3.05, 3.63) is 29.6 Å². The zero-order chi connectivity index (χ0) is 11.5. The Hall–Kier alpha value is -0.890. The summed E-state index contributed by atoms with van der Waals surface area (Å²) >= 11 is 0. The molecule has 1 atom stereocenters. The molecule has 0 aromatic carbocycles. The van der Waals surface area contributed by atoms with Crippen molar-refractivity contribution in [1.82, 2.24) is 4.98 Å². The van der Waals surface area contributed by atoms with Crippen molar-refractivity contribution in [3.8, 4) is 0 Å². The Morgan fingerprint density at radius 1 is 1.40 bits per heavy atom. The van der Waals surface area contributed by atoms with E-state index in [1.54, 1.807) is 0 Å². The first-order valence-corrected chi connectivity index (χ1v) is 5.57. The van der Waals surface area contributed by atoms with Gasteiger partial charge >= 0.3 is 0 Å². The number of rotatable bonds is 3. The lowest BCUT2D eigenvalue weighted by Crippen LogP contribution is -2.16. The van der Waals surface area contributed by atoms with Crippen LogP contribution in [0.3, 0.4) is 0 Å². The number of aromatic nitrogens is 1. The molecule has 0 saturated heterocycles. The molecule has 0 saturated carbocycles. The summed E-state index contributed by atoms with van der Waals surface area (Å²) in [6.07, 6.45) is 3.95. The number of nitrogens with two attached hydrogens (primary N) is 1. The van der Waals surface area contributed by atoms with Crippen molar-refractivity contribution < 1.29 is 0 Å². The fraction of sp³-hybridized carbons (Fsp3) is 0.615. The van der Waals surface area contributed by atoms with E-state index in [9.17, 15) is 0 Å². The van der Waals surface area contributed by atoms with Gasteiger partial charge in [-0.05, 0) is 36.8 Å². The molecule has 0 aliphatic carbocycles. The zero-order valence-electron chi connectivity index (χ0n) is 10.2. The highest BCUT2D eigenvalue weighted by molar-refractivity contribution is 5.20. The van der Waals surface area contributed by atoms with Gasteiger partial charge in [0.15, 0.2) is 0 Å². The maximum Gasteiger partial charge on any atom is 0.0600 e. The minimum absolute atomic E-state index is 0.0745. The second kappa shape index (κ2) is 4.75. The molecule has 2 N–H and O–H groups in total. The van der Waals surface area contributed by atoms with E-state index < -0.39 is 0 Å². The molecule has 1 unspecified atom stereocenters. The molecule has 1 rings (SSSR count). The van der Waals surface area contributed by atoms with Gasteiger partial charge in [0, 0.05) is 12.2 Å². The van der Waals surface area contributed by atoms with Crippen LogP contribution < -0.4 is 5.73 Å². The second-order valence-corrected chi connectivity index (χ2v) is 5.41. The minimum atomic E-state index is 0.0745. The summed E-state index contributed by atoms with van der Waals surface area (Å²) in [5, 5.41) is 0. The molecule has 15 heavy (non-hydrogen) atoms. The SMILES string of the molecule is Cc1cccnc1C(N)CCC(C)(C)C. The average molecular weight is 206 g/mol. The second-order valence-electron chi connectivity index (χ2n) is 5.41. The lowest BCUT2D eigenvalue weighted by atomic mass is 9.88. The molecule has 0 spiro atoms. The van der Waals surface area contributed by atoms with Crippen molar-refractivity contribution in [1.29, 1.82) is 0 Å². The molecule has 84 valence electrons. The van der Waals surface area contributed by atoms with Crippen molar-refractivity contribution in [2.75, 3.05) is 0 Å².